The second-order valence-corrected chi connectivity index (χ2v) is 10.1. The van der Waals surface area contributed by atoms with Gasteiger partial charge in [0.2, 0.25) is 0 Å². The predicted molar refractivity (Wildman–Crippen MR) is 115 cm³/mol. The molecule has 2 heterocycles. The average molecular weight is 381 g/mol. The SMILES string of the molecule is CN=C(NCC1CCCN(CC(C)C)C1)NCC1CCCOC1C(C)(C)C. The minimum atomic E-state index is 0.186. The van der Waals surface area contributed by atoms with Crippen molar-refractivity contribution in [2.45, 2.75) is 66.4 Å². The third-order valence-electron chi connectivity index (χ3n) is 5.84. The lowest BCUT2D eigenvalue weighted by Crippen LogP contribution is -2.49. The van der Waals surface area contributed by atoms with Gasteiger partial charge in [-0.05, 0) is 49.5 Å². The molecule has 0 bridgehead atoms. The maximum Gasteiger partial charge on any atom is 0.190 e. The normalized spacial score (nSPS) is 28.4. The Morgan fingerprint density at radius 1 is 1.15 bits per heavy atom. The Morgan fingerprint density at radius 3 is 2.56 bits per heavy atom. The molecule has 0 radical (unpaired) electrons. The molecule has 0 aromatic heterocycles. The molecule has 158 valence electrons. The molecule has 0 aliphatic carbocycles. The molecule has 5 heteroatoms. The number of guanidine groups is 1. The number of nitrogens with zero attached hydrogens (tertiary/aromatic N) is 2. The minimum Gasteiger partial charge on any atom is -0.377 e. The number of hydrogen-bond donors (Lipinski definition) is 2. The van der Waals surface area contributed by atoms with Crippen molar-refractivity contribution in [3.8, 4) is 0 Å². The van der Waals surface area contributed by atoms with E-state index >= 15 is 0 Å². The summed E-state index contributed by atoms with van der Waals surface area (Å²) in [5.74, 6) is 2.96. The molecule has 27 heavy (non-hydrogen) atoms. The van der Waals surface area contributed by atoms with E-state index in [-0.39, 0.29) is 5.41 Å². The van der Waals surface area contributed by atoms with Crippen molar-refractivity contribution in [1.29, 1.82) is 0 Å². The summed E-state index contributed by atoms with van der Waals surface area (Å²) in [6.07, 6.45) is 5.36. The summed E-state index contributed by atoms with van der Waals surface area (Å²) in [6, 6.07) is 0. The van der Waals surface area contributed by atoms with E-state index in [4.69, 9.17) is 4.74 Å². The van der Waals surface area contributed by atoms with Gasteiger partial charge in [0.25, 0.3) is 0 Å². The van der Waals surface area contributed by atoms with Gasteiger partial charge in [0, 0.05) is 45.8 Å². The van der Waals surface area contributed by atoms with Crippen LogP contribution in [-0.4, -0.2) is 63.3 Å². The van der Waals surface area contributed by atoms with Crippen molar-refractivity contribution in [3.05, 3.63) is 0 Å². The van der Waals surface area contributed by atoms with Gasteiger partial charge in [0.05, 0.1) is 6.10 Å². The van der Waals surface area contributed by atoms with Crippen molar-refractivity contribution < 1.29 is 4.74 Å². The van der Waals surface area contributed by atoms with Crippen molar-refractivity contribution in [2.24, 2.45) is 28.2 Å². The van der Waals surface area contributed by atoms with Gasteiger partial charge >= 0.3 is 0 Å². The minimum absolute atomic E-state index is 0.186. The Kier molecular flexibility index (Phi) is 8.87. The van der Waals surface area contributed by atoms with Gasteiger partial charge < -0.3 is 20.3 Å². The van der Waals surface area contributed by atoms with Crippen LogP contribution in [0.1, 0.15) is 60.3 Å². The van der Waals surface area contributed by atoms with Crippen molar-refractivity contribution in [3.63, 3.8) is 0 Å². The van der Waals surface area contributed by atoms with Gasteiger partial charge in [-0.3, -0.25) is 4.99 Å². The first-order valence-corrected chi connectivity index (χ1v) is 11.1. The highest BCUT2D eigenvalue weighted by molar-refractivity contribution is 5.79. The molecule has 2 N–H and O–H groups in total. The third-order valence-corrected chi connectivity index (χ3v) is 5.84. The summed E-state index contributed by atoms with van der Waals surface area (Å²) in [5, 5.41) is 7.15. The first-order chi connectivity index (χ1) is 12.8. The molecule has 0 aromatic carbocycles. The molecule has 0 aromatic rings. The number of aliphatic imine (C=N–C) groups is 1. The van der Waals surface area contributed by atoms with Gasteiger partial charge in [0.15, 0.2) is 5.96 Å². The second kappa shape index (κ2) is 10.7. The molecule has 5 nitrogen and oxygen atoms in total. The van der Waals surface area contributed by atoms with Crippen LogP contribution >= 0.6 is 0 Å². The third kappa shape index (κ3) is 7.61. The van der Waals surface area contributed by atoms with E-state index in [9.17, 15) is 0 Å². The smallest absolute Gasteiger partial charge is 0.190 e. The summed E-state index contributed by atoms with van der Waals surface area (Å²) in [7, 11) is 1.87. The summed E-state index contributed by atoms with van der Waals surface area (Å²) in [4.78, 5) is 7.08. The van der Waals surface area contributed by atoms with E-state index in [0.717, 1.165) is 37.5 Å². The summed E-state index contributed by atoms with van der Waals surface area (Å²) in [6.45, 7) is 18.0. The Hall–Kier alpha value is -0.810. The van der Waals surface area contributed by atoms with Crippen LogP contribution in [0.3, 0.4) is 0 Å². The number of ether oxygens (including phenoxy) is 1. The van der Waals surface area contributed by atoms with E-state index in [1.54, 1.807) is 0 Å². The van der Waals surface area contributed by atoms with E-state index in [0.29, 0.717) is 12.0 Å². The topological polar surface area (TPSA) is 48.9 Å². The lowest BCUT2D eigenvalue weighted by Gasteiger charge is -2.40. The molecular weight excluding hydrogens is 336 g/mol. The maximum absolute atomic E-state index is 6.11. The summed E-state index contributed by atoms with van der Waals surface area (Å²) < 4.78 is 6.11. The Labute approximate surface area is 167 Å². The van der Waals surface area contributed by atoms with E-state index in [1.165, 1.54) is 45.3 Å². The molecule has 2 rings (SSSR count). The average Bonchev–Trinajstić information content (AvgIpc) is 2.61. The quantitative estimate of drug-likeness (QED) is 0.548. The van der Waals surface area contributed by atoms with Crippen molar-refractivity contribution >= 4 is 5.96 Å². The van der Waals surface area contributed by atoms with Crippen LogP contribution in [-0.2, 0) is 4.74 Å². The Bertz CT molecular complexity index is 458. The van der Waals surface area contributed by atoms with Crippen LogP contribution in [0, 0.1) is 23.2 Å². The zero-order valence-electron chi connectivity index (χ0n) is 18.7. The largest absolute Gasteiger partial charge is 0.377 e. The standard InChI is InChI=1S/C22H44N4O/c1-17(2)15-26-11-7-9-18(16-26)13-24-21(23-6)25-14-19-10-8-12-27-20(19)22(3,4)5/h17-20H,7-16H2,1-6H3,(H2,23,24,25). The van der Waals surface area contributed by atoms with Gasteiger partial charge in [-0.25, -0.2) is 0 Å². The highest BCUT2D eigenvalue weighted by Gasteiger charge is 2.35. The van der Waals surface area contributed by atoms with E-state index < -0.39 is 0 Å². The Balaban J connectivity index is 1.77. The number of rotatable bonds is 6. The van der Waals surface area contributed by atoms with Crippen molar-refractivity contribution in [2.75, 3.05) is 46.4 Å². The zero-order valence-corrected chi connectivity index (χ0v) is 18.7. The van der Waals surface area contributed by atoms with Gasteiger partial charge in [-0.2, -0.15) is 0 Å². The molecule has 3 atom stereocenters. The van der Waals surface area contributed by atoms with Crippen LogP contribution in [0.25, 0.3) is 0 Å². The number of nitrogens with one attached hydrogen (secondary N) is 2. The second-order valence-electron chi connectivity index (χ2n) is 10.1. The van der Waals surface area contributed by atoms with Crippen LogP contribution in [0.4, 0.5) is 0 Å². The first-order valence-electron chi connectivity index (χ1n) is 11.1. The van der Waals surface area contributed by atoms with E-state index in [2.05, 4.69) is 55.1 Å². The fourth-order valence-electron chi connectivity index (χ4n) is 4.70. The van der Waals surface area contributed by atoms with Crippen LogP contribution in [0.2, 0.25) is 0 Å². The van der Waals surface area contributed by atoms with Crippen LogP contribution < -0.4 is 10.6 Å². The highest BCUT2D eigenvalue weighted by Crippen LogP contribution is 2.33. The summed E-state index contributed by atoms with van der Waals surface area (Å²) >= 11 is 0. The van der Waals surface area contributed by atoms with E-state index in [1.807, 2.05) is 7.05 Å². The molecule has 2 fully saturated rings. The summed E-state index contributed by atoms with van der Waals surface area (Å²) in [5.41, 5.74) is 0.186. The maximum atomic E-state index is 6.11. The van der Waals surface area contributed by atoms with Gasteiger partial charge in [0.1, 0.15) is 0 Å². The molecule has 0 amide bonds. The lowest BCUT2D eigenvalue weighted by molar-refractivity contribution is -0.0835. The fraction of sp³-hybridized carbons (Fsp3) is 0.955. The monoisotopic (exact) mass is 380 g/mol. The van der Waals surface area contributed by atoms with Gasteiger partial charge in [-0.15, -0.1) is 0 Å². The molecular formula is C22H44N4O. The van der Waals surface area contributed by atoms with Crippen LogP contribution in [0.15, 0.2) is 4.99 Å². The number of likely N-dealkylation sites (tertiary alicyclic amines) is 1. The molecule has 2 aliphatic rings. The molecule has 2 aliphatic heterocycles. The molecule has 0 spiro atoms. The fourth-order valence-corrected chi connectivity index (χ4v) is 4.70. The number of piperidine rings is 1. The highest BCUT2D eigenvalue weighted by atomic mass is 16.5. The predicted octanol–water partition coefficient (Wildman–Crippen LogP) is 3.36. The van der Waals surface area contributed by atoms with Gasteiger partial charge in [-0.1, -0.05) is 34.6 Å². The first kappa shape index (κ1) is 22.5. The number of hydrogen-bond acceptors (Lipinski definition) is 3. The lowest BCUT2D eigenvalue weighted by atomic mass is 9.78. The van der Waals surface area contributed by atoms with Crippen LogP contribution in [0.5, 0.6) is 0 Å². The molecule has 0 saturated carbocycles. The van der Waals surface area contributed by atoms with Crippen molar-refractivity contribution in [1.82, 2.24) is 15.5 Å². The molecule has 2 saturated heterocycles. The zero-order chi connectivity index (χ0) is 19.9. The molecule has 3 unspecified atom stereocenters. The Morgan fingerprint density at radius 2 is 1.89 bits per heavy atom.